The first-order valence-electron chi connectivity index (χ1n) is 3.65. The highest BCUT2D eigenvalue weighted by Gasteiger charge is 2.05. The zero-order chi connectivity index (χ0) is 9.26. The lowest BCUT2D eigenvalue weighted by molar-refractivity contribution is 0.450. The van der Waals surface area contributed by atoms with Crippen LogP contribution in [-0.2, 0) is 4.79 Å². The molecule has 13 heavy (non-hydrogen) atoms. The molecule has 0 saturated carbocycles. The summed E-state index contributed by atoms with van der Waals surface area (Å²) in [6.45, 7) is 0. The Morgan fingerprint density at radius 2 is 1.77 bits per heavy atom. The second-order valence-electron chi connectivity index (χ2n) is 2.49. The molecule has 4 nitrogen and oxygen atoms in total. The highest BCUT2D eigenvalue weighted by Crippen LogP contribution is 2.15. The summed E-state index contributed by atoms with van der Waals surface area (Å²) < 4.78 is 0. The Balaban J connectivity index is 2.81. The van der Waals surface area contributed by atoms with Crippen molar-refractivity contribution >= 4 is 17.3 Å². The topological polar surface area (TPSA) is 63.1 Å². The molecule has 1 N–H and O–H groups in total. The van der Waals surface area contributed by atoms with Gasteiger partial charge in [-0.3, -0.25) is 4.79 Å². The molecule has 0 fully saturated rings. The van der Waals surface area contributed by atoms with E-state index in [2.05, 4.69) is 9.97 Å². The maximum atomic E-state index is 10.3. The summed E-state index contributed by atoms with van der Waals surface area (Å²) in [6.07, 6.45) is 1.51. The number of aromatic nitrogens is 2. The number of fused-ring (bicyclic) bond motifs is 1. The SMILES string of the molecule is O=[C]c1nc2ccccc2nc1O. The van der Waals surface area contributed by atoms with Gasteiger partial charge in [0.05, 0.1) is 11.0 Å². The molecule has 1 heterocycles. The summed E-state index contributed by atoms with van der Waals surface area (Å²) in [7, 11) is 0. The quantitative estimate of drug-likeness (QED) is 0.692. The fraction of sp³-hybridized carbons (Fsp3) is 0. The van der Waals surface area contributed by atoms with Gasteiger partial charge in [-0.1, -0.05) is 12.1 Å². The van der Waals surface area contributed by atoms with Crippen molar-refractivity contribution in [3.8, 4) is 5.88 Å². The molecular weight excluding hydrogens is 168 g/mol. The number of para-hydroxylation sites is 2. The van der Waals surface area contributed by atoms with E-state index in [4.69, 9.17) is 0 Å². The number of rotatable bonds is 1. The van der Waals surface area contributed by atoms with Gasteiger partial charge in [0.1, 0.15) is 0 Å². The van der Waals surface area contributed by atoms with Gasteiger partial charge in [-0.2, -0.15) is 0 Å². The molecule has 0 atom stereocenters. The molecule has 0 bridgehead atoms. The lowest BCUT2D eigenvalue weighted by Gasteiger charge is -1.97. The molecule has 0 spiro atoms. The molecule has 63 valence electrons. The zero-order valence-electron chi connectivity index (χ0n) is 6.56. The van der Waals surface area contributed by atoms with Gasteiger partial charge in [0.2, 0.25) is 5.88 Å². The lowest BCUT2D eigenvalue weighted by atomic mass is 10.3. The summed E-state index contributed by atoms with van der Waals surface area (Å²) in [6, 6.07) is 6.97. The maximum absolute atomic E-state index is 10.3. The molecule has 0 aliphatic heterocycles. The van der Waals surface area contributed by atoms with Gasteiger partial charge >= 0.3 is 0 Å². The van der Waals surface area contributed by atoms with Crippen LogP contribution < -0.4 is 0 Å². The normalized spacial score (nSPS) is 10.2. The second kappa shape index (κ2) is 2.82. The molecule has 0 aliphatic carbocycles. The molecule has 0 saturated heterocycles. The van der Waals surface area contributed by atoms with E-state index in [1.807, 2.05) is 0 Å². The molecule has 1 aromatic heterocycles. The number of aromatic hydroxyl groups is 1. The van der Waals surface area contributed by atoms with E-state index in [0.717, 1.165) is 0 Å². The number of hydrogen-bond acceptors (Lipinski definition) is 4. The van der Waals surface area contributed by atoms with Gasteiger partial charge in [0.15, 0.2) is 5.69 Å². The summed E-state index contributed by atoms with van der Waals surface area (Å²) >= 11 is 0. The summed E-state index contributed by atoms with van der Waals surface area (Å²) in [5.74, 6) is -0.381. The Bertz CT molecular complexity index is 468. The highest BCUT2D eigenvalue weighted by atomic mass is 16.3. The molecule has 1 aromatic carbocycles. The van der Waals surface area contributed by atoms with Crippen LogP contribution in [-0.4, -0.2) is 21.4 Å². The van der Waals surface area contributed by atoms with E-state index in [1.165, 1.54) is 6.29 Å². The average Bonchev–Trinajstić information content (AvgIpc) is 2.17. The smallest absolute Gasteiger partial charge is 0.259 e. The second-order valence-corrected chi connectivity index (χ2v) is 2.49. The monoisotopic (exact) mass is 173 g/mol. The molecule has 0 amide bonds. The van der Waals surface area contributed by atoms with Crippen molar-refractivity contribution in [1.29, 1.82) is 0 Å². The molecule has 4 heteroatoms. The minimum atomic E-state index is -0.381. The van der Waals surface area contributed by atoms with Crippen LogP contribution in [0.5, 0.6) is 5.88 Å². The fourth-order valence-corrected chi connectivity index (χ4v) is 1.06. The van der Waals surface area contributed by atoms with Crippen molar-refractivity contribution in [3.63, 3.8) is 0 Å². The first kappa shape index (κ1) is 7.67. The van der Waals surface area contributed by atoms with Crippen molar-refractivity contribution in [2.45, 2.75) is 0 Å². The van der Waals surface area contributed by atoms with Crippen LogP contribution in [0.15, 0.2) is 24.3 Å². The van der Waals surface area contributed by atoms with Gasteiger partial charge in [0, 0.05) is 0 Å². The predicted molar refractivity (Wildman–Crippen MR) is 46.0 cm³/mol. The minimum absolute atomic E-state index is 0.154. The van der Waals surface area contributed by atoms with Gasteiger partial charge in [-0.25, -0.2) is 9.97 Å². The van der Waals surface area contributed by atoms with Crippen LogP contribution >= 0.6 is 0 Å². The number of carbonyl (C=O) groups excluding carboxylic acids is 1. The molecular formula is C9H5N2O2. The van der Waals surface area contributed by atoms with Crippen molar-refractivity contribution in [2.24, 2.45) is 0 Å². The Labute approximate surface area is 73.9 Å². The van der Waals surface area contributed by atoms with E-state index in [1.54, 1.807) is 24.3 Å². The third kappa shape index (κ3) is 1.22. The van der Waals surface area contributed by atoms with E-state index >= 15 is 0 Å². The van der Waals surface area contributed by atoms with Gasteiger partial charge < -0.3 is 5.11 Å². The van der Waals surface area contributed by atoms with E-state index in [-0.39, 0.29) is 11.6 Å². The minimum Gasteiger partial charge on any atom is -0.492 e. The van der Waals surface area contributed by atoms with E-state index in [9.17, 15) is 9.90 Å². The van der Waals surface area contributed by atoms with E-state index in [0.29, 0.717) is 11.0 Å². The van der Waals surface area contributed by atoms with Crippen molar-refractivity contribution in [1.82, 2.24) is 9.97 Å². The maximum Gasteiger partial charge on any atom is 0.259 e. The summed E-state index contributed by atoms with van der Waals surface area (Å²) in [4.78, 5) is 17.9. The fourth-order valence-electron chi connectivity index (χ4n) is 1.06. The molecule has 0 unspecified atom stereocenters. The first-order chi connectivity index (χ1) is 6.31. The Morgan fingerprint density at radius 3 is 2.38 bits per heavy atom. The van der Waals surface area contributed by atoms with Crippen LogP contribution in [0.2, 0.25) is 0 Å². The zero-order valence-corrected chi connectivity index (χ0v) is 6.56. The van der Waals surface area contributed by atoms with Crippen LogP contribution in [0.25, 0.3) is 11.0 Å². The third-order valence-electron chi connectivity index (χ3n) is 1.65. The van der Waals surface area contributed by atoms with Crippen LogP contribution in [0.3, 0.4) is 0 Å². The van der Waals surface area contributed by atoms with Crippen molar-refractivity contribution in [3.05, 3.63) is 30.0 Å². The van der Waals surface area contributed by atoms with Gasteiger partial charge in [0.25, 0.3) is 6.29 Å². The summed E-state index contributed by atoms with van der Waals surface area (Å²) in [5, 5.41) is 9.17. The van der Waals surface area contributed by atoms with Crippen LogP contribution in [0.4, 0.5) is 0 Å². The van der Waals surface area contributed by atoms with Crippen molar-refractivity contribution < 1.29 is 9.90 Å². The first-order valence-corrected chi connectivity index (χ1v) is 3.65. The predicted octanol–water partition coefficient (Wildman–Crippen LogP) is 0.793. The molecule has 1 radical (unpaired) electrons. The number of hydrogen-bond donors (Lipinski definition) is 1. The lowest BCUT2D eigenvalue weighted by Crippen LogP contribution is -1.92. The number of nitrogens with zero attached hydrogens (tertiary/aromatic N) is 2. The van der Waals surface area contributed by atoms with E-state index < -0.39 is 0 Å². The highest BCUT2D eigenvalue weighted by molar-refractivity contribution is 5.82. The summed E-state index contributed by atoms with van der Waals surface area (Å²) in [5.41, 5.74) is 0.969. The Kier molecular flexibility index (Phi) is 1.66. The number of benzene rings is 1. The molecule has 2 aromatic rings. The van der Waals surface area contributed by atoms with Gasteiger partial charge in [-0.05, 0) is 12.1 Å². The third-order valence-corrected chi connectivity index (χ3v) is 1.65. The molecule has 0 aliphatic rings. The average molecular weight is 173 g/mol. The van der Waals surface area contributed by atoms with Crippen molar-refractivity contribution in [2.75, 3.05) is 0 Å². The largest absolute Gasteiger partial charge is 0.492 e. The van der Waals surface area contributed by atoms with Crippen LogP contribution in [0, 0.1) is 0 Å². The molecule has 2 rings (SSSR count). The Morgan fingerprint density at radius 1 is 1.15 bits per heavy atom. The Hall–Kier alpha value is -1.97. The van der Waals surface area contributed by atoms with Crippen LogP contribution in [0.1, 0.15) is 5.69 Å². The standard InChI is InChI=1S/C9H5N2O2/c12-5-8-9(13)11-7-4-2-1-3-6(7)10-8/h1-4H,(H,11,13). The van der Waals surface area contributed by atoms with Gasteiger partial charge in [-0.15, -0.1) is 0 Å².